The minimum atomic E-state index is -0.528. The van der Waals surface area contributed by atoms with Gasteiger partial charge in [-0.25, -0.2) is 0 Å². The molecule has 0 amide bonds. The van der Waals surface area contributed by atoms with Crippen molar-refractivity contribution >= 4 is 11.9 Å². The Morgan fingerprint density at radius 3 is 2.57 bits per heavy atom. The lowest BCUT2D eigenvalue weighted by Crippen LogP contribution is -2.11. The zero-order chi connectivity index (χ0) is 15.7. The lowest BCUT2D eigenvalue weighted by Gasteiger charge is -2.10. The first-order valence-corrected chi connectivity index (χ1v) is 6.55. The molecule has 1 rings (SSSR count). The van der Waals surface area contributed by atoms with E-state index in [-0.39, 0.29) is 30.1 Å². The van der Waals surface area contributed by atoms with Crippen molar-refractivity contribution in [1.82, 2.24) is 0 Å². The van der Waals surface area contributed by atoms with Crippen molar-refractivity contribution in [1.29, 1.82) is 5.26 Å². The highest BCUT2D eigenvalue weighted by Gasteiger charge is 2.15. The lowest BCUT2D eigenvalue weighted by atomic mass is 10.2. The Hall–Kier alpha value is -2.55. The van der Waals surface area contributed by atoms with Crippen LogP contribution in [0.25, 0.3) is 0 Å². The second-order valence-electron chi connectivity index (χ2n) is 4.08. The second-order valence-corrected chi connectivity index (χ2v) is 4.08. The van der Waals surface area contributed by atoms with Crippen LogP contribution in [0.4, 0.5) is 0 Å². The first-order valence-electron chi connectivity index (χ1n) is 6.55. The van der Waals surface area contributed by atoms with Gasteiger partial charge in [0.05, 0.1) is 19.3 Å². The Morgan fingerprint density at radius 2 is 1.95 bits per heavy atom. The zero-order valence-corrected chi connectivity index (χ0v) is 12.0. The predicted octanol–water partition coefficient (Wildman–Crippen LogP) is 2.21. The van der Waals surface area contributed by atoms with Crippen molar-refractivity contribution in [3.05, 3.63) is 23.8 Å². The molecule has 0 N–H and O–H groups in total. The molecule has 0 aliphatic rings. The average molecular weight is 291 g/mol. The van der Waals surface area contributed by atoms with E-state index < -0.39 is 5.97 Å². The largest absolute Gasteiger partial charge is 0.493 e. The van der Waals surface area contributed by atoms with Crippen LogP contribution in [-0.4, -0.2) is 25.7 Å². The van der Waals surface area contributed by atoms with Gasteiger partial charge in [-0.3, -0.25) is 9.59 Å². The highest BCUT2D eigenvalue weighted by Crippen LogP contribution is 2.30. The highest BCUT2D eigenvalue weighted by molar-refractivity contribution is 5.75. The molecule has 0 saturated heterocycles. The van der Waals surface area contributed by atoms with Crippen LogP contribution in [0.1, 0.15) is 31.7 Å². The van der Waals surface area contributed by atoms with Gasteiger partial charge in [-0.2, -0.15) is 5.26 Å². The minimum Gasteiger partial charge on any atom is -0.493 e. The fourth-order valence-electron chi connectivity index (χ4n) is 1.64. The zero-order valence-electron chi connectivity index (χ0n) is 12.0. The number of carbonyl (C=O) groups is 2. The van der Waals surface area contributed by atoms with Crippen molar-refractivity contribution in [2.75, 3.05) is 13.7 Å². The first-order chi connectivity index (χ1) is 10.1. The van der Waals surface area contributed by atoms with Crippen LogP contribution in [0.5, 0.6) is 11.5 Å². The summed E-state index contributed by atoms with van der Waals surface area (Å²) >= 11 is 0. The van der Waals surface area contributed by atoms with Gasteiger partial charge in [-0.05, 0) is 25.5 Å². The van der Waals surface area contributed by atoms with E-state index in [1.807, 2.05) is 6.07 Å². The molecular formula is C15H17NO5. The van der Waals surface area contributed by atoms with Crippen LogP contribution >= 0.6 is 0 Å². The van der Waals surface area contributed by atoms with Gasteiger partial charge in [0.2, 0.25) is 0 Å². The van der Waals surface area contributed by atoms with Gasteiger partial charge < -0.3 is 14.2 Å². The third-order valence-electron chi connectivity index (χ3n) is 2.60. The Morgan fingerprint density at radius 1 is 1.24 bits per heavy atom. The number of methoxy groups -OCH3 is 1. The summed E-state index contributed by atoms with van der Waals surface area (Å²) in [6, 6.07) is 6.70. The molecule has 6 nitrogen and oxygen atoms in total. The summed E-state index contributed by atoms with van der Waals surface area (Å²) < 4.78 is 15.0. The maximum absolute atomic E-state index is 11.7. The number of hydrogen-bond donors (Lipinski definition) is 0. The molecule has 1 aromatic rings. The standard InChI is InChI=1S/C15H17NO5/c1-3-20-13(17)8-5-9-14(18)21-15-11(10-16)6-4-7-12(15)19-2/h4,6-7H,3,5,8-9H2,1-2H3. The van der Waals surface area contributed by atoms with E-state index in [4.69, 9.17) is 19.5 Å². The second kappa shape index (κ2) is 8.59. The first kappa shape index (κ1) is 16.5. The van der Waals surface area contributed by atoms with E-state index in [0.717, 1.165) is 0 Å². The number of esters is 2. The highest BCUT2D eigenvalue weighted by atomic mass is 16.6. The van der Waals surface area contributed by atoms with Crippen molar-refractivity contribution < 1.29 is 23.8 Å². The number of hydrogen-bond acceptors (Lipinski definition) is 6. The van der Waals surface area contributed by atoms with E-state index in [9.17, 15) is 9.59 Å². The summed E-state index contributed by atoms with van der Waals surface area (Å²) in [5.74, 6) is -0.461. The molecule has 0 radical (unpaired) electrons. The maximum Gasteiger partial charge on any atom is 0.311 e. The number of para-hydroxylation sites is 1. The van der Waals surface area contributed by atoms with E-state index in [2.05, 4.69) is 0 Å². The van der Waals surface area contributed by atoms with Crippen LogP contribution in [0, 0.1) is 11.3 Å². The molecule has 0 atom stereocenters. The smallest absolute Gasteiger partial charge is 0.311 e. The van der Waals surface area contributed by atoms with Gasteiger partial charge in [0.15, 0.2) is 11.5 Å². The van der Waals surface area contributed by atoms with E-state index in [0.29, 0.717) is 18.8 Å². The number of nitrogens with zero attached hydrogens (tertiary/aromatic N) is 1. The van der Waals surface area contributed by atoms with Gasteiger partial charge in [0.1, 0.15) is 6.07 Å². The predicted molar refractivity (Wildman–Crippen MR) is 73.8 cm³/mol. The summed E-state index contributed by atoms with van der Waals surface area (Å²) in [6.45, 7) is 2.04. The average Bonchev–Trinajstić information content (AvgIpc) is 2.47. The maximum atomic E-state index is 11.7. The van der Waals surface area contributed by atoms with Gasteiger partial charge in [0.25, 0.3) is 0 Å². The van der Waals surface area contributed by atoms with Crippen LogP contribution in [-0.2, 0) is 14.3 Å². The molecule has 0 heterocycles. The molecule has 21 heavy (non-hydrogen) atoms. The Labute approximate surface area is 123 Å². The number of carbonyl (C=O) groups excluding carboxylic acids is 2. The molecular weight excluding hydrogens is 274 g/mol. The van der Waals surface area contributed by atoms with Gasteiger partial charge in [-0.15, -0.1) is 0 Å². The SMILES string of the molecule is CCOC(=O)CCCC(=O)Oc1c(C#N)cccc1OC. The molecule has 0 unspecified atom stereocenters. The summed E-state index contributed by atoms with van der Waals surface area (Å²) in [6.07, 6.45) is 0.538. The fraction of sp³-hybridized carbons (Fsp3) is 0.400. The summed E-state index contributed by atoms with van der Waals surface area (Å²) in [7, 11) is 1.43. The van der Waals surface area contributed by atoms with Crippen molar-refractivity contribution in [3.63, 3.8) is 0 Å². The summed E-state index contributed by atoms with van der Waals surface area (Å²) in [4.78, 5) is 22.9. The van der Waals surface area contributed by atoms with Crippen molar-refractivity contribution in [3.8, 4) is 17.6 Å². The fourth-order valence-corrected chi connectivity index (χ4v) is 1.64. The van der Waals surface area contributed by atoms with E-state index in [1.165, 1.54) is 13.2 Å². The molecule has 0 aromatic heterocycles. The molecule has 6 heteroatoms. The summed E-state index contributed by atoms with van der Waals surface area (Å²) in [5.41, 5.74) is 0.216. The Balaban J connectivity index is 2.59. The van der Waals surface area contributed by atoms with Crippen LogP contribution in [0.3, 0.4) is 0 Å². The molecule has 0 spiro atoms. The van der Waals surface area contributed by atoms with E-state index >= 15 is 0 Å². The normalized spacial score (nSPS) is 9.57. The quantitative estimate of drug-likeness (QED) is 0.565. The lowest BCUT2D eigenvalue weighted by molar-refractivity contribution is -0.143. The monoisotopic (exact) mass is 291 g/mol. The molecule has 0 bridgehead atoms. The van der Waals surface area contributed by atoms with E-state index in [1.54, 1.807) is 19.1 Å². The molecule has 0 saturated carbocycles. The van der Waals surface area contributed by atoms with Crippen LogP contribution in [0.15, 0.2) is 18.2 Å². The third-order valence-corrected chi connectivity index (χ3v) is 2.60. The van der Waals surface area contributed by atoms with Crippen LogP contribution < -0.4 is 9.47 Å². The minimum absolute atomic E-state index is 0.0573. The van der Waals surface area contributed by atoms with Gasteiger partial charge >= 0.3 is 11.9 Å². The van der Waals surface area contributed by atoms with Gasteiger partial charge in [0, 0.05) is 12.8 Å². The number of benzene rings is 1. The number of ether oxygens (including phenoxy) is 3. The van der Waals surface area contributed by atoms with Gasteiger partial charge in [-0.1, -0.05) is 6.07 Å². The topological polar surface area (TPSA) is 85.6 Å². The molecule has 0 aliphatic heterocycles. The summed E-state index contributed by atoms with van der Waals surface area (Å²) in [5, 5.41) is 9.00. The number of rotatable bonds is 7. The molecule has 1 aromatic carbocycles. The molecule has 0 fully saturated rings. The number of nitriles is 1. The van der Waals surface area contributed by atoms with Crippen molar-refractivity contribution in [2.45, 2.75) is 26.2 Å². The van der Waals surface area contributed by atoms with Crippen molar-refractivity contribution in [2.24, 2.45) is 0 Å². The molecule has 112 valence electrons. The molecule has 0 aliphatic carbocycles. The third kappa shape index (κ3) is 5.15. The van der Waals surface area contributed by atoms with Crippen LogP contribution in [0.2, 0.25) is 0 Å². The Bertz CT molecular complexity index is 547. The Kier molecular flexibility index (Phi) is 6.75.